The lowest BCUT2D eigenvalue weighted by molar-refractivity contribution is 0.0745. The molecular weight excluding hydrogens is 280 g/mol. The fraction of sp³-hybridized carbons (Fsp3) is 0.353. The van der Waals surface area contributed by atoms with Crippen molar-refractivity contribution < 1.29 is 4.79 Å². The molecule has 1 aliphatic rings. The molecule has 0 aliphatic carbocycles. The lowest BCUT2D eigenvalue weighted by atomic mass is 10.00. The Morgan fingerprint density at radius 3 is 3.00 bits per heavy atom. The Hall–Kier alpha value is -1.81. The molecule has 2 heterocycles. The topological polar surface area (TPSA) is 32.3 Å². The summed E-state index contributed by atoms with van der Waals surface area (Å²) in [7, 11) is 1.88. The van der Waals surface area contributed by atoms with Gasteiger partial charge in [-0.05, 0) is 55.0 Å². The van der Waals surface area contributed by atoms with E-state index in [1.807, 2.05) is 36.2 Å². The molecule has 110 valence electrons. The van der Waals surface area contributed by atoms with Crippen LogP contribution in [0.5, 0.6) is 0 Å². The molecule has 0 saturated carbocycles. The SMILES string of the molecule is CC(c1cccs1)N(C)C(=O)c1ccc2c(c1)CCCN2. The first-order valence-corrected chi connectivity index (χ1v) is 8.22. The Morgan fingerprint density at radius 2 is 2.24 bits per heavy atom. The van der Waals surface area contributed by atoms with E-state index in [-0.39, 0.29) is 11.9 Å². The fourth-order valence-electron chi connectivity index (χ4n) is 2.71. The molecule has 0 fully saturated rings. The first kappa shape index (κ1) is 14.1. The number of anilines is 1. The normalized spacial score (nSPS) is 15.0. The van der Waals surface area contributed by atoms with Crippen LogP contribution in [-0.2, 0) is 6.42 Å². The summed E-state index contributed by atoms with van der Waals surface area (Å²) >= 11 is 1.69. The monoisotopic (exact) mass is 300 g/mol. The van der Waals surface area contributed by atoms with Crippen molar-refractivity contribution in [3.05, 3.63) is 51.7 Å². The van der Waals surface area contributed by atoms with Crippen molar-refractivity contribution in [3.63, 3.8) is 0 Å². The second-order valence-electron chi connectivity index (χ2n) is 5.51. The molecule has 0 bridgehead atoms. The van der Waals surface area contributed by atoms with E-state index in [1.54, 1.807) is 11.3 Å². The van der Waals surface area contributed by atoms with Gasteiger partial charge in [0.2, 0.25) is 0 Å². The van der Waals surface area contributed by atoms with Gasteiger partial charge in [-0.25, -0.2) is 0 Å². The summed E-state index contributed by atoms with van der Waals surface area (Å²) in [5, 5.41) is 5.43. The minimum Gasteiger partial charge on any atom is -0.385 e. The molecular formula is C17H20N2OS. The average molecular weight is 300 g/mol. The molecule has 3 rings (SSSR count). The summed E-state index contributed by atoms with van der Waals surface area (Å²) in [6.07, 6.45) is 2.18. The molecule has 1 aliphatic heterocycles. The van der Waals surface area contributed by atoms with Crippen LogP contribution >= 0.6 is 11.3 Å². The smallest absolute Gasteiger partial charge is 0.254 e. The van der Waals surface area contributed by atoms with E-state index < -0.39 is 0 Å². The second-order valence-corrected chi connectivity index (χ2v) is 6.49. The number of rotatable bonds is 3. The van der Waals surface area contributed by atoms with Crippen LogP contribution in [0.15, 0.2) is 35.7 Å². The molecule has 1 aromatic heterocycles. The van der Waals surface area contributed by atoms with Crippen LogP contribution in [0.2, 0.25) is 0 Å². The number of carbonyl (C=O) groups excluding carboxylic acids is 1. The number of fused-ring (bicyclic) bond motifs is 1. The number of nitrogens with one attached hydrogen (secondary N) is 1. The van der Waals surface area contributed by atoms with Crippen molar-refractivity contribution in [2.45, 2.75) is 25.8 Å². The van der Waals surface area contributed by atoms with Gasteiger partial charge in [0.05, 0.1) is 6.04 Å². The Labute approximate surface area is 129 Å². The van der Waals surface area contributed by atoms with Crippen LogP contribution in [0.4, 0.5) is 5.69 Å². The molecule has 4 heteroatoms. The third kappa shape index (κ3) is 2.81. The highest BCUT2D eigenvalue weighted by atomic mass is 32.1. The van der Waals surface area contributed by atoms with Gasteiger partial charge < -0.3 is 10.2 Å². The number of carbonyl (C=O) groups is 1. The maximum atomic E-state index is 12.7. The van der Waals surface area contributed by atoms with Gasteiger partial charge in [-0.1, -0.05) is 6.07 Å². The van der Waals surface area contributed by atoms with Crippen molar-refractivity contribution in [1.82, 2.24) is 4.90 Å². The van der Waals surface area contributed by atoms with Crippen molar-refractivity contribution in [2.24, 2.45) is 0 Å². The third-order valence-corrected chi connectivity index (χ3v) is 5.19. The second kappa shape index (κ2) is 5.90. The van der Waals surface area contributed by atoms with Gasteiger partial charge in [-0.2, -0.15) is 0 Å². The van der Waals surface area contributed by atoms with E-state index in [2.05, 4.69) is 23.7 Å². The van der Waals surface area contributed by atoms with E-state index in [4.69, 9.17) is 0 Å². The van der Waals surface area contributed by atoms with Gasteiger partial charge in [0.25, 0.3) is 5.91 Å². The lowest BCUT2D eigenvalue weighted by Crippen LogP contribution is -2.29. The molecule has 1 amide bonds. The minimum atomic E-state index is 0.0873. The zero-order valence-corrected chi connectivity index (χ0v) is 13.2. The number of thiophene rings is 1. The highest BCUT2D eigenvalue weighted by Crippen LogP contribution is 2.27. The molecule has 3 nitrogen and oxygen atoms in total. The quantitative estimate of drug-likeness (QED) is 0.931. The van der Waals surface area contributed by atoms with Crippen LogP contribution in [0, 0.1) is 0 Å². The van der Waals surface area contributed by atoms with Gasteiger partial charge in [0.15, 0.2) is 0 Å². The summed E-state index contributed by atoms with van der Waals surface area (Å²) in [6.45, 7) is 3.10. The van der Waals surface area contributed by atoms with Crippen molar-refractivity contribution in [1.29, 1.82) is 0 Å². The third-order valence-electron chi connectivity index (χ3n) is 4.15. The Bertz CT molecular complexity index is 636. The number of aryl methyl sites for hydroxylation is 1. The highest BCUT2D eigenvalue weighted by Gasteiger charge is 2.20. The predicted molar refractivity (Wildman–Crippen MR) is 88.1 cm³/mol. The van der Waals surface area contributed by atoms with Gasteiger partial charge in [0, 0.05) is 29.7 Å². The highest BCUT2D eigenvalue weighted by molar-refractivity contribution is 7.10. The number of hydrogen-bond donors (Lipinski definition) is 1. The average Bonchev–Trinajstić information content (AvgIpc) is 3.06. The zero-order valence-electron chi connectivity index (χ0n) is 12.4. The van der Waals surface area contributed by atoms with Gasteiger partial charge >= 0.3 is 0 Å². The van der Waals surface area contributed by atoms with E-state index in [0.29, 0.717) is 0 Å². The largest absolute Gasteiger partial charge is 0.385 e. The zero-order chi connectivity index (χ0) is 14.8. The summed E-state index contributed by atoms with van der Waals surface area (Å²) in [5.41, 5.74) is 3.21. The van der Waals surface area contributed by atoms with Crippen LogP contribution in [0.3, 0.4) is 0 Å². The van der Waals surface area contributed by atoms with E-state index >= 15 is 0 Å². The molecule has 1 N–H and O–H groups in total. The maximum absolute atomic E-state index is 12.7. The summed E-state index contributed by atoms with van der Waals surface area (Å²) < 4.78 is 0. The molecule has 0 saturated heterocycles. The fourth-order valence-corrected chi connectivity index (χ4v) is 3.53. The molecule has 1 atom stereocenters. The molecule has 1 aromatic carbocycles. The van der Waals surface area contributed by atoms with Gasteiger partial charge in [-0.15, -0.1) is 11.3 Å². The number of hydrogen-bond acceptors (Lipinski definition) is 3. The first-order chi connectivity index (χ1) is 10.2. The summed E-state index contributed by atoms with van der Waals surface area (Å²) in [4.78, 5) is 15.7. The summed E-state index contributed by atoms with van der Waals surface area (Å²) in [5.74, 6) is 0.0873. The molecule has 21 heavy (non-hydrogen) atoms. The number of benzene rings is 1. The Morgan fingerprint density at radius 1 is 1.38 bits per heavy atom. The number of nitrogens with zero attached hydrogens (tertiary/aromatic N) is 1. The van der Waals surface area contributed by atoms with E-state index in [0.717, 1.165) is 24.9 Å². The van der Waals surface area contributed by atoms with Crippen molar-refractivity contribution in [3.8, 4) is 0 Å². The van der Waals surface area contributed by atoms with Crippen molar-refractivity contribution >= 4 is 22.9 Å². The Kier molecular flexibility index (Phi) is 3.97. The lowest BCUT2D eigenvalue weighted by Gasteiger charge is -2.25. The minimum absolute atomic E-state index is 0.0873. The summed E-state index contributed by atoms with van der Waals surface area (Å²) in [6, 6.07) is 10.2. The van der Waals surface area contributed by atoms with Crippen molar-refractivity contribution in [2.75, 3.05) is 18.9 Å². The van der Waals surface area contributed by atoms with Crippen LogP contribution in [0.25, 0.3) is 0 Å². The van der Waals surface area contributed by atoms with Gasteiger partial charge in [-0.3, -0.25) is 4.79 Å². The van der Waals surface area contributed by atoms with Crippen LogP contribution in [-0.4, -0.2) is 24.4 Å². The number of amides is 1. The van der Waals surface area contributed by atoms with E-state index in [9.17, 15) is 4.79 Å². The Balaban J connectivity index is 1.81. The molecule has 0 spiro atoms. The molecule has 2 aromatic rings. The maximum Gasteiger partial charge on any atom is 0.254 e. The van der Waals surface area contributed by atoms with Gasteiger partial charge in [0.1, 0.15) is 0 Å². The molecule has 0 radical (unpaired) electrons. The first-order valence-electron chi connectivity index (χ1n) is 7.34. The molecule has 1 unspecified atom stereocenters. The van der Waals surface area contributed by atoms with Crippen LogP contribution in [0.1, 0.15) is 40.2 Å². The van der Waals surface area contributed by atoms with Crippen LogP contribution < -0.4 is 5.32 Å². The predicted octanol–water partition coefficient (Wildman–Crippen LogP) is 3.94. The van der Waals surface area contributed by atoms with E-state index in [1.165, 1.54) is 16.1 Å². The standard InChI is InChI=1S/C17H20N2OS/c1-12(16-6-4-10-21-16)19(2)17(20)14-7-8-15-13(11-14)5-3-9-18-15/h4,6-8,10-12,18H,3,5,9H2,1-2H3.